The topological polar surface area (TPSA) is 84.9 Å². The molecule has 0 aromatic heterocycles. The molecule has 0 N–H and O–H groups in total. The van der Waals surface area contributed by atoms with E-state index in [1.807, 2.05) is 30.3 Å². The van der Waals surface area contributed by atoms with Crippen molar-refractivity contribution in [2.45, 2.75) is 125 Å². The molecule has 330 valence electrons. The third kappa shape index (κ3) is 14.7. The lowest BCUT2D eigenvalue weighted by molar-refractivity contribution is -0.122. The van der Waals surface area contributed by atoms with E-state index >= 15 is 0 Å². The molecular weight excluding hydrogens is 759 g/mol. The first-order chi connectivity index (χ1) is 27.9. The number of hydrogen-bond donors (Lipinski definition) is 0. The number of fused-ring (bicyclic) bond motifs is 1. The van der Waals surface area contributed by atoms with Crippen LogP contribution in [-0.4, -0.2) is 74.0 Å². The molecule has 59 heavy (non-hydrogen) atoms. The van der Waals surface area contributed by atoms with E-state index in [0.29, 0.717) is 18.0 Å². The Bertz CT molecular complexity index is 1660. The third-order valence-corrected chi connectivity index (χ3v) is 16.5. The van der Waals surface area contributed by atoms with Crippen LogP contribution < -0.4 is 14.4 Å². The lowest BCUT2D eigenvalue weighted by Gasteiger charge is -2.45. The van der Waals surface area contributed by atoms with Gasteiger partial charge in [0.15, 0.2) is 14.9 Å². The number of benzene rings is 2. The van der Waals surface area contributed by atoms with Crippen LogP contribution in [-0.2, 0) is 34.8 Å². The van der Waals surface area contributed by atoms with E-state index in [1.54, 1.807) is 26.2 Å². The van der Waals surface area contributed by atoms with Gasteiger partial charge in [-0.25, -0.2) is 0 Å². The van der Waals surface area contributed by atoms with Crippen LogP contribution in [0.25, 0.3) is 6.08 Å². The SMILES string of the molecule is CC/C=C\[C@H](C)[C@H](OCc1ccc(OC)cc1)[C@@H](C)[C@H](O[Si](C)(C)C(C)(C)C)[C@@H](C)C/C(C)=C\[C@H](C)[C@@H](OCOC)[C@@H](C)/C=C\c1ccc2c(c1)N(COC)C(=O)CO2. The van der Waals surface area contributed by atoms with Crippen LogP contribution in [0, 0.1) is 29.6 Å². The maximum absolute atomic E-state index is 12.6. The van der Waals surface area contributed by atoms with Gasteiger partial charge >= 0.3 is 0 Å². The molecule has 10 heteroatoms. The molecule has 0 spiro atoms. The van der Waals surface area contributed by atoms with E-state index in [1.165, 1.54) is 5.57 Å². The monoisotopic (exact) mass is 836 g/mol. The zero-order valence-corrected chi connectivity index (χ0v) is 40.0. The van der Waals surface area contributed by atoms with Gasteiger partial charge in [0.1, 0.15) is 25.0 Å². The second-order valence-corrected chi connectivity index (χ2v) is 22.8. The fourth-order valence-electron chi connectivity index (χ4n) is 7.73. The molecule has 1 aliphatic heterocycles. The number of nitrogens with zero attached hydrogens (tertiary/aromatic N) is 1. The molecule has 0 unspecified atom stereocenters. The fourth-order valence-corrected chi connectivity index (χ4v) is 9.21. The summed E-state index contributed by atoms with van der Waals surface area (Å²) in [7, 11) is 2.76. The highest BCUT2D eigenvalue weighted by Crippen LogP contribution is 2.41. The van der Waals surface area contributed by atoms with Crippen LogP contribution in [0.15, 0.2) is 72.3 Å². The summed E-state index contributed by atoms with van der Waals surface area (Å²) in [6, 6.07) is 14.0. The van der Waals surface area contributed by atoms with Crippen molar-refractivity contribution in [2.75, 3.05) is 46.4 Å². The Kier molecular flexibility index (Phi) is 20.1. The minimum absolute atomic E-state index is 0.00416. The van der Waals surface area contributed by atoms with Crippen molar-refractivity contribution in [1.82, 2.24) is 0 Å². The van der Waals surface area contributed by atoms with Crippen LogP contribution in [0.2, 0.25) is 18.1 Å². The zero-order chi connectivity index (χ0) is 43.9. The van der Waals surface area contributed by atoms with Crippen molar-refractivity contribution in [1.29, 1.82) is 0 Å². The van der Waals surface area contributed by atoms with Crippen LogP contribution in [0.5, 0.6) is 11.5 Å². The summed E-state index contributed by atoms with van der Waals surface area (Å²) >= 11 is 0. The molecule has 0 fully saturated rings. The van der Waals surface area contributed by atoms with E-state index in [0.717, 1.165) is 29.7 Å². The summed E-state index contributed by atoms with van der Waals surface area (Å²) in [5, 5.41) is 0.0560. The van der Waals surface area contributed by atoms with Gasteiger partial charge in [-0.2, -0.15) is 0 Å². The first kappa shape index (κ1) is 50.1. The Morgan fingerprint density at radius 1 is 0.881 bits per heavy atom. The average Bonchev–Trinajstić information content (AvgIpc) is 3.19. The molecule has 1 heterocycles. The zero-order valence-electron chi connectivity index (χ0n) is 39.0. The number of methoxy groups -OCH3 is 3. The number of hydrogen-bond acceptors (Lipinski definition) is 8. The highest BCUT2D eigenvalue weighted by Gasteiger charge is 2.43. The van der Waals surface area contributed by atoms with Gasteiger partial charge in [0.05, 0.1) is 37.7 Å². The number of rotatable bonds is 24. The molecule has 2 aromatic rings. The number of carbonyl (C=O) groups excluding carboxylic acids is 1. The molecule has 9 nitrogen and oxygen atoms in total. The van der Waals surface area contributed by atoms with Crippen molar-refractivity contribution in [3.05, 3.63) is 83.5 Å². The summed E-state index contributed by atoms with van der Waals surface area (Å²) in [6.45, 7) is 28.3. The van der Waals surface area contributed by atoms with Gasteiger partial charge in [0.25, 0.3) is 5.91 Å². The minimum atomic E-state index is -2.17. The van der Waals surface area contributed by atoms with Crippen LogP contribution >= 0.6 is 0 Å². The van der Waals surface area contributed by atoms with Gasteiger partial charge in [-0.1, -0.05) is 116 Å². The van der Waals surface area contributed by atoms with Crippen molar-refractivity contribution in [2.24, 2.45) is 29.6 Å². The van der Waals surface area contributed by atoms with Gasteiger partial charge in [0, 0.05) is 37.9 Å². The number of carbonyl (C=O) groups is 1. The highest BCUT2D eigenvalue weighted by molar-refractivity contribution is 6.74. The Hall–Kier alpha value is -3.25. The Morgan fingerprint density at radius 3 is 2.17 bits per heavy atom. The van der Waals surface area contributed by atoms with Gasteiger partial charge in [0.2, 0.25) is 0 Å². The van der Waals surface area contributed by atoms with Crippen molar-refractivity contribution < 1.29 is 37.6 Å². The molecule has 0 radical (unpaired) electrons. The van der Waals surface area contributed by atoms with Gasteiger partial charge < -0.3 is 32.8 Å². The fraction of sp³-hybridized carbons (Fsp3) is 0.612. The number of allylic oxidation sites excluding steroid dienone is 2. The van der Waals surface area contributed by atoms with E-state index < -0.39 is 8.32 Å². The Labute approximate surface area is 358 Å². The maximum atomic E-state index is 12.6. The van der Waals surface area contributed by atoms with E-state index in [9.17, 15) is 4.79 Å². The predicted molar refractivity (Wildman–Crippen MR) is 244 cm³/mol. The number of amides is 1. The molecule has 2 aromatic carbocycles. The molecule has 3 rings (SSSR count). The lowest BCUT2D eigenvalue weighted by Crippen LogP contribution is -2.50. The molecule has 0 saturated carbocycles. The maximum Gasteiger partial charge on any atom is 0.266 e. The summed E-state index contributed by atoms with van der Waals surface area (Å²) < 4.78 is 42.5. The second-order valence-electron chi connectivity index (χ2n) is 18.1. The molecule has 0 aliphatic carbocycles. The van der Waals surface area contributed by atoms with Crippen LogP contribution in [0.4, 0.5) is 5.69 Å². The third-order valence-electron chi connectivity index (χ3n) is 12.0. The Morgan fingerprint density at radius 2 is 1.56 bits per heavy atom. The van der Waals surface area contributed by atoms with Gasteiger partial charge in [-0.15, -0.1) is 0 Å². The summed E-state index contributed by atoms with van der Waals surface area (Å²) in [5.74, 6) is 2.08. The molecule has 1 aliphatic rings. The summed E-state index contributed by atoms with van der Waals surface area (Å²) in [5.41, 5.74) is 4.09. The van der Waals surface area contributed by atoms with E-state index in [-0.39, 0.29) is 79.0 Å². The average molecular weight is 836 g/mol. The van der Waals surface area contributed by atoms with Crippen molar-refractivity contribution in [3.63, 3.8) is 0 Å². The van der Waals surface area contributed by atoms with E-state index in [4.69, 9.17) is 32.8 Å². The standard InChI is InChI=1S/C49H77NO8Si/c1-16-17-18-35(3)47(56-30-41-21-24-42(54-13)25-22-41)39(7)48(58-59(14,15)49(8,9)10)38(6)28-34(2)27-37(5)46(57-33-53-12)36(4)19-20-40-23-26-44-43(29-40)50(32-52-11)45(51)31-55-44/h17-27,29,35-39,46-48H,16,28,30-33H2,1-15H3/b18-17-,20-19-,34-27-/t35-,36-,37-,38-,39+,46-,47-,48+/m0/s1. The lowest BCUT2D eigenvalue weighted by atomic mass is 9.81. The molecule has 1 amide bonds. The first-order valence-corrected chi connectivity index (χ1v) is 24.4. The number of ether oxygens (including phenoxy) is 6. The van der Waals surface area contributed by atoms with Crippen LogP contribution in [0.1, 0.15) is 93.2 Å². The van der Waals surface area contributed by atoms with Gasteiger partial charge in [-0.05, 0) is 79.2 Å². The first-order valence-electron chi connectivity index (χ1n) is 21.5. The quantitative estimate of drug-likeness (QED) is 0.0587. The van der Waals surface area contributed by atoms with Gasteiger partial charge in [-0.3, -0.25) is 9.69 Å². The van der Waals surface area contributed by atoms with Crippen molar-refractivity contribution in [3.8, 4) is 11.5 Å². The smallest absolute Gasteiger partial charge is 0.266 e. The Balaban J connectivity index is 1.88. The summed E-state index contributed by atoms with van der Waals surface area (Å²) in [4.78, 5) is 14.2. The molecular formula is C49H77NO8Si. The van der Waals surface area contributed by atoms with E-state index in [2.05, 4.69) is 125 Å². The minimum Gasteiger partial charge on any atom is -0.497 e. The largest absolute Gasteiger partial charge is 0.497 e. The second kappa shape index (κ2) is 23.7. The predicted octanol–water partition coefficient (Wildman–Crippen LogP) is 11.5. The molecule has 0 saturated heterocycles. The summed E-state index contributed by atoms with van der Waals surface area (Å²) in [6.07, 6.45) is 12.8. The molecule has 0 bridgehead atoms. The van der Waals surface area contributed by atoms with Crippen LogP contribution in [0.3, 0.4) is 0 Å². The molecule has 8 atom stereocenters. The highest BCUT2D eigenvalue weighted by atomic mass is 28.4. The normalized spacial score (nSPS) is 18.3. The number of anilines is 1. The van der Waals surface area contributed by atoms with Crippen molar-refractivity contribution >= 4 is 26.0 Å².